The maximum Gasteiger partial charge on any atom is 0.113 e. The molecule has 0 amide bonds. The van der Waals surface area contributed by atoms with Gasteiger partial charge in [-0.2, -0.15) is 0 Å². The number of rotatable bonds is 2. The zero-order valence-electron chi connectivity index (χ0n) is 9.69. The minimum atomic E-state index is 0.762. The summed E-state index contributed by atoms with van der Waals surface area (Å²) in [6.45, 7) is 2.28. The molecule has 17 heavy (non-hydrogen) atoms. The van der Waals surface area contributed by atoms with Gasteiger partial charge >= 0.3 is 0 Å². The number of nitrogens with one attached hydrogen (secondary N) is 1. The van der Waals surface area contributed by atoms with Crippen LogP contribution in [-0.4, -0.2) is 22.5 Å². The van der Waals surface area contributed by atoms with Crippen LogP contribution in [-0.2, 0) is 6.42 Å². The van der Waals surface area contributed by atoms with Gasteiger partial charge in [-0.25, -0.2) is 4.98 Å². The number of hydrogen-bond acceptors (Lipinski definition) is 2. The first kappa shape index (κ1) is 11.1. The highest BCUT2D eigenvalue weighted by Gasteiger charge is 2.16. The summed E-state index contributed by atoms with van der Waals surface area (Å²) in [5.41, 5.74) is 1.08. The van der Waals surface area contributed by atoms with Crippen LogP contribution in [0.2, 0.25) is 5.02 Å². The molecular weight excluding hydrogens is 234 g/mol. The Kier molecular flexibility index (Phi) is 3.04. The van der Waals surface area contributed by atoms with Crippen molar-refractivity contribution in [3.05, 3.63) is 35.4 Å². The Morgan fingerprint density at radius 1 is 1.41 bits per heavy atom. The summed E-state index contributed by atoms with van der Waals surface area (Å²) in [6.07, 6.45) is 7.49. The number of aromatic nitrogens is 2. The predicted molar refractivity (Wildman–Crippen MR) is 69.5 cm³/mol. The minimum absolute atomic E-state index is 0.762. The molecule has 0 aliphatic carbocycles. The molecule has 2 aromatic rings. The monoisotopic (exact) mass is 249 g/mol. The highest BCUT2D eigenvalue weighted by atomic mass is 35.5. The smallest absolute Gasteiger partial charge is 0.113 e. The third kappa shape index (κ3) is 2.31. The Labute approximate surface area is 106 Å². The van der Waals surface area contributed by atoms with Crippen LogP contribution in [0.25, 0.3) is 5.52 Å². The molecule has 2 aromatic heterocycles. The van der Waals surface area contributed by atoms with E-state index in [0.29, 0.717) is 0 Å². The van der Waals surface area contributed by atoms with Gasteiger partial charge in [-0.05, 0) is 44.0 Å². The number of fused-ring (bicyclic) bond motifs is 1. The van der Waals surface area contributed by atoms with Gasteiger partial charge in [0.2, 0.25) is 0 Å². The summed E-state index contributed by atoms with van der Waals surface area (Å²) in [6, 6.07) is 3.88. The van der Waals surface area contributed by atoms with Crippen LogP contribution in [0, 0.1) is 5.92 Å². The second kappa shape index (κ2) is 4.67. The minimum Gasteiger partial charge on any atom is -0.317 e. The van der Waals surface area contributed by atoms with Gasteiger partial charge in [0.25, 0.3) is 0 Å². The van der Waals surface area contributed by atoms with Crippen molar-refractivity contribution in [1.29, 1.82) is 0 Å². The molecule has 1 aliphatic heterocycles. The zero-order chi connectivity index (χ0) is 11.7. The fourth-order valence-electron chi connectivity index (χ4n) is 2.52. The highest BCUT2D eigenvalue weighted by Crippen LogP contribution is 2.19. The summed E-state index contributed by atoms with van der Waals surface area (Å²) in [5, 5.41) is 4.16. The second-order valence-electron chi connectivity index (χ2n) is 4.71. The van der Waals surface area contributed by atoms with Crippen LogP contribution < -0.4 is 5.32 Å². The number of pyridine rings is 1. The molecule has 0 saturated carbocycles. The van der Waals surface area contributed by atoms with Crippen molar-refractivity contribution in [2.24, 2.45) is 5.92 Å². The largest absolute Gasteiger partial charge is 0.317 e. The lowest BCUT2D eigenvalue weighted by Crippen LogP contribution is -2.29. The molecule has 0 radical (unpaired) electrons. The first-order valence-corrected chi connectivity index (χ1v) is 6.53. The van der Waals surface area contributed by atoms with E-state index >= 15 is 0 Å². The van der Waals surface area contributed by atoms with Gasteiger partial charge in [0.15, 0.2) is 0 Å². The normalized spacial score (nSPS) is 17.7. The van der Waals surface area contributed by atoms with E-state index in [1.54, 1.807) is 0 Å². The van der Waals surface area contributed by atoms with E-state index < -0.39 is 0 Å². The summed E-state index contributed by atoms with van der Waals surface area (Å²) >= 11 is 5.97. The van der Waals surface area contributed by atoms with Crippen molar-refractivity contribution in [1.82, 2.24) is 14.7 Å². The fraction of sp³-hybridized carbons (Fsp3) is 0.462. The molecule has 0 spiro atoms. The average molecular weight is 250 g/mol. The van der Waals surface area contributed by atoms with Gasteiger partial charge in [0.1, 0.15) is 5.82 Å². The molecule has 1 N–H and O–H groups in total. The summed E-state index contributed by atoms with van der Waals surface area (Å²) in [4.78, 5) is 4.51. The summed E-state index contributed by atoms with van der Waals surface area (Å²) in [7, 11) is 0. The maximum absolute atomic E-state index is 5.97. The van der Waals surface area contributed by atoms with E-state index in [9.17, 15) is 0 Å². The predicted octanol–water partition coefficient (Wildman–Crippen LogP) is 2.53. The zero-order valence-corrected chi connectivity index (χ0v) is 10.5. The standard InChI is InChI=1S/C13H16ClN3/c14-11-3-6-17-12(8-11)9-16-13(17)7-10-1-4-15-5-2-10/h3,6,8-10,15H,1-2,4-5,7H2. The van der Waals surface area contributed by atoms with E-state index in [0.717, 1.165) is 41.8 Å². The van der Waals surface area contributed by atoms with Gasteiger partial charge < -0.3 is 9.72 Å². The van der Waals surface area contributed by atoms with Gasteiger partial charge in [-0.1, -0.05) is 11.6 Å². The van der Waals surface area contributed by atoms with Crippen LogP contribution >= 0.6 is 11.6 Å². The van der Waals surface area contributed by atoms with Crippen molar-refractivity contribution in [3.63, 3.8) is 0 Å². The fourth-order valence-corrected chi connectivity index (χ4v) is 2.69. The van der Waals surface area contributed by atoms with Crippen LogP contribution in [0.4, 0.5) is 0 Å². The van der Waals surface area contributed by atoms with E-state index in [-0.39, 0.29) is 0 Å². The third-order valence-electron chi connectivity index (χ3n) is 3.50. The molecule has 0 bridgehead atoms. The molecule has 0 aromatic carbocycles. The SMILES string of the molecule is Clc1ccn2c(CC3CCNCC3)ncc2c1. The molecule has 90 valence electrons. The quantitative estimate of drug-likeness (QED) is 0.886. The van der Waals surface area contributed by atoms with Gasteiger partial charge in [-0.3, -0.25) is 0 Å². The van der Waals surface area contributed by atoms with Crippen LogP contribution in [0.15, 0.2) is 24.5 Å². The van der Waals surface area contributed by atoms with Gasteiger partial charge in [0.05, 0.1) is 11.7 Å². The lowest BCUT2D eigenvalue weighted by molar-refractivity contribution is 0.367. The van der Waals surface area contributed by atoms with Crippen molar-refractivity contribution in [2.45, 2.75) is 19.3 Å². The Bertz CT molecular complexity index is 514. The first-order valence-electron chi connectivity index (χ1n) is 6.15. The third-order valence-corrected chi connectivity index (χ3v) is 3.74. The van der Waals surface area contributed by atoms with Crippen molar-refractivity contribution in [3.8, 4) is 0 Å². The molecule has 1 fully saturated rings. The Morgan fingerprint density at radius 3 is 3.06 bits per heavy atom. The van der Waals surface area contributed by atoms with E-state index in [4.69, 9.17) is 11.6 Å². The number of hydrogen-bond donors (Lipinski definition) is 1. The van der Waals surface area contributed by atoms with Crippen molar-refractivity contribution in [2.75, 3.05) is 13.1 Å². The molecule has 4 heteroatoms. The summed E-state index contributed by atoms with van der Waals surface area (Å²) < 4.78 is 2.15. The molecule has 3 nitrogen and oxygen atoms in total. The van der Waals surface area contributed by atoms with Gasteiger partial charge in [0, 0.05) is 17.6 Å². The molecular formula is C13H16ClN3. The van der Waals surface area contributed by atoms with Gasteiger partial charge in [-0.15, -0.1) is 0 Å². The second-order valence-corrected chi connectivity index (χ2v) is 5.15. The maximum atomic E-state index is 5.97. The first-order chi connectivity index (χ1) is 8.33. The molecule has 0 unspecified atom stereocenters. The average Bonchev–Trinajstić information content (AvgIpc) is 2.73. The Hall–Kier alpha value is -1.06. The van der Waals surface area contributed by atoms with E-state index in [1.807, 2.05) is 24.5 Å². The molecule has 0 atom stereocenters. The lowest BCUT2D eigenvalue weighted by atomic mass is 9.94. The Balaban J connectivity index is 1.84. The molecule has 3 rings (SSSR count). The Morgan fingerprint density at radius 2 is 2.24 bits per heavy atom. The molecule has 1 saturated heterocycles. The number of piperidine rings is 1. The van der Waals surface area contributed by atoms with E-state index in [2.05, 4.69) is 14.7 Å². The number of nitrogens with zero attached hydrogens (tertiary/aromatic N) is 2. The highest BCUT2D eigenvalue weighted by molar-refractivity contribution is 6.30. The van der Waals surface area contributed by atoms with Crippen molar-refractivity contribution < 1.29 is 0 Å². The van der Waals surface area contributed by atoms with E-state index in [1.165, 1.54) is 12.8 Å². The number of imidazole rings is 1. The summed E-state index contributed by atoms with van der Waals surface area (Å²) in [5.74, 6) is 1.92. The number of halogens is 1. The van der Waals surface area contributed by atoms with Crippen molar-refractivity contribution >= 4 is 17.1 Å². The van der Waals surface area contributed by atoms with Crippen LogP contribution in [0.1, 0.15) is 18.7 Å². The van der Waals surface area contributed by atoms with Crippen LogP contribution in [0.3, 0.4) is 0 Å². The molecule has 1 aliphatic rings. The molecule has 3 heterocycles. The lowest BCUT2D eigenvalue weighted by Gasteiger charge is -2.21. The topological polar surface area (TPSA) is 29.3 Å². The van der Waals surface area contributed by atoms with Crippen LogP contribution in [0.5, 0.6) is 0 Å².